The Hall–Kier alpha value is -4.11. The molecule has 0 aliphatic carbocycles. The highest BCUT2D eigenvalue weighted by Gasteiger charge is 2.34. The Balaban J connectivity index is 1.76. The minimum Gasteiger partial charge on any atom is -0.493 e. The predicted molar refractivity (Wildman–Crippen MR) is 143 cm³/mol. The number of benzene rings is 2. The van der Waals surface area contributed by atoms with Crippen molar-refractivity contribution < 1.29 is 19.0 Å². The second kappa shape index (κ2) is 9.74. The molecule has 1 atom stereocenters. The van der Waals surface area contributed by atoms with E-state index in [4.69, 9.17) is 14.2 Å². The maximum absolute atomic E-state index is 13.9. The number of allylic oxidation sites excluding steroid dienone is 1. The van der Waals surface area contributed by atoms with Gasteiger partial charge in [0.15, 0.2) is 16.3 Å². The summed E-state index contributed by atoms with van der Waals surface area (Å²) in [5, 5.41) is 1.05. The average molecular weight is 518 g/mol. The van der Waals surface area contributed by atoms with Gasteiger partial charge in [0.05, 0.1) is 42.7 Å². The molecule has 2 aromatic heterocycles. The molecule has 0 unspecified atom stereocenters. The molecule has 3 heterocycles. The SMILES string of the molecule is CCOC(=O)C1=C(C)N=c2s/c(=C/c3cn(C)c4ccccc34)c(=O)n2[C@H]1c1ccc(OC)c(OC)c1. The molecule has 0 bridgehead atoms. The van der Waals surface area contributed by atoms with E-state index >= 15 is 0 Å². The number of aryl methyl sites for hydroxylation is 1. The number of esters is 1. The van der Waals surface area contributed by atoms with E-state index in [0.717, 1.165) is 16.5 Å². The molecular weight excluding hydrogens is 490 g/mol. The van der Waals surface area contributed by atoms with Crippen molar-refractivity contribution in [2.24, 2.45) is 12.0 Å². The standard InChI is InChI=1S/C28H27N3O5S/c1-6-36-27(33)24-16(2)29-28-31(25(24)17-11-12-21(34-4)22(13-17)35-5)26(32)23(37-28)14-18-15-30(3)20-10-8-7-9-19(18)20/h7-15,25H,6H2,1-5H3/b23-14+/t25-/m0/s1. The van der Waals surface area contributed by atoms with Crippen molar-refractivity contribution in [2.45, 2.75) is 19.9 Å². The molecule has 1 aliphatic rings. The minimum absolute atomic E-state index is 0.208. The third-order valence-electron chi connectivity index (χ3n) is 6.45. The fraction of sp³-hybridized carbons (Fsp3) is 0.250. The van der Waals surface area contributed by atoms with Gasteiger partial charge >= 0.3 is 5.97 Å². The van der Waals surface area contributed by atoms with Gasteiger partial charge in [-0.25, -0.2) is 9.79 Å². The van der Waals surface area contributed by atoms with Crippen LogP contribution in [0.3, 0.4) is 0 Å². The van der Waals surface area contributed by atoms with Crippen molar-refractivity contribution in [3.8, 4) is 11.5 Å². The topological polar surface area (TPSA) is 84.1 Å². The number of carbonyl (C=O) groups excluding carboxylic acids is 1. The molecule has 190 valence electrons. The first-order valence-electron chi connectivity index (χ1n) is 11.8. The van der Waals surface area contributed by atoms with Crippen LogP contribution in [0.15, 0.2) is 69.7 Å². The van der Waals surface area contributed by atoms with Gasteiger partial charge < -0.3 is 18.8 Å². The van der Waals surface area contributed by atoms with Crippen molar-refractivity contribution in [1.29, 1.82) is 0 Å². The number of carbonyl (C=O) groups is 1. The summed E-state index contributed by atoms with van der Waals surface area (Å²) in [6.07, 6.45) is 3.89. The molecular formula is C28H27N3O5S. The first-order chi connectivity index (χ1) is 17.9. The summed E-state index contributed by atoms with van der Waals surface area (Å²) in [5.41, 5.74) is 3.30. The molecule has 0 spiro atoms. The molecule has 9 heteroatoms. The molecule has 0 amide bonds. The smallest absolute Gasteiger partial charge is 0.338 e. The van der Waals surface area contributed by atoms with E-state index in [-0.39, 0.29) is 12.2 Å². The quantitative estimate of drug-likeness (QED) is 0.367. The van der Waals surface area contributed by atoms with Crippen LogP contribution in [0.5, 0.6) is 11.5 Å². The molecule has 0 radical (unpaired) electrons. The maximum atomic E-state index is 13.9. The van der Waals surface area contributed by atoms with Gasteiger partial charge in [0.2, 0.25) is 0 Å². The van der Waals surface area contributed by atoms with Crippen LogP contribution in [0, 0.1) is 0 Å². The number of para-hydroxylation sites is 1. The molecule has 0 N–H and O–H groups in total. The van der Waals surface area contributed by atoms with Gasteiger partial charge in [-0.15, -0.1) is 0 Å². The molecule has 37 heavy (non-hydrogen) atoms. The van der Waals surface area contributed by atoms with E-state index in [1.165, 1.54) is 11.3 Å². The number of hydrogen-bond acceptors (Lipinski definition) is 7. The lowest BCUT2D eigenvalue weighted by Crippen LogP contribution is -2.39. The van der Waals surface area contributed by atoms with Crippen LogP contribution in [-0.2, 0) is 16.6 Å². The van der Waals surface area contributed by atoms with Crippen molar-refractivity contribution in [3.05, 3.63) is 90.7 Å². The Morgan fingerprint density at radius 1 is 1.14 bits per heavy atom. The Labute approximate surface area is 217 Å². The van der Waals surface area contributed by atoms with Crippen LogP contribution in [-0.4, -0.2) is 35.9 Å². The number of nitrogens with zero attached hydrogens (tertiary/aromatic N) is 3. The summed E-state index contributed by atoms with van der Waals surface area (Å²) in [6, 6.07) is 12.7. The minimum atomic E-state index is -0.732. The van der Waals surface area contributed by atoms with Crippen molar-refractivity contribution in [1.82, 2.24) is 9.13 Å². The third-order valence-corrected chi connectivity index (χ3v) is 7.44. The van der Waals surface area contributed by atoms with Crippen LogP contribution < -0.4 is 24.4 Å². The van der Waals surface area contributed by atoms with Crippen LogP contribution >= 0.6 is 11.3 Å². The normalized spacial score (nSPS) is 15.5. The Morgan fingerprint density at radius 3 is 2.62 bits per heavy atom. The summed E-state index contributed by atoms with van der Waals surface area (Å²) < 4.78 is 20.4. The zero-order valence-electron chi connectivity index (χ0n) is 21.3. The molecule has 1 aliphatic heterocycles. The summed E-state index contributed by atoms with van der Waals surface area (Å²) in [7, 11) is 5.08. The van der Waals surface area contributed by atoms with E-state index in [0.29, 0.717) is 37.7 Å². The summed E-state index contributed by atoms with van der Waals surface area (Å²) >= 11 is 1.30. The Bertz CT molecular complexity index is 1740. The molecule has 5 rings (SSSR count). The van der Waals surface area contributed by atoms with Gasteiger partial charge in [0.25, 0.3) is 5.56 Å². The van der Waals surface area contributed by atoms with Gasteiger partial charge in [-0.2, -0.15) is 0 Å². The lowest BCUT2D eigenvalue weighted by molar-refractivity contribution is -0.139. The molecule has 8 nitrogen and oxygen atoms in total. The lowest BCUT2D eigenvalue weighted by Gasteiger charge is -2.25. The number of rotatable bonds is 6. The average Bonchev–Trinajstić information content (AvgIpc) is 3.38. The zero-order valence-corrected chi connectivity index (χ0v) is 22.1. The second-order valence-corrected chi connectivity index (χ2v) is 9.64. The van der Waals surface area contributed by atoms with Crippen LogP contribution in [0.2, 0.25) is 0 Å². The van der Waals surface area contributed by atoms with Crippen molar-refractivity contribution in [2.75, 3.05) is 20.8 Å². The zero-order chi connectivity index (χ0) is 26.3. The number of thiazole rings is 1. The monoisotopic (exact) mass is 517 g/mol. The van der Waals surface area contributed by atoms with Crippen molar-refractivity contribution >= 4 is 34.3 Å². The number of ether oxygens (including phenoxy) is 3. The van der Waals surface area contributed by atoms with Crippen LogP contribution in [0.1, 0.15) is 31.0 Å². The van der Waals surface area contributed by atoms with E-state index < -0.39 is 12.0 Å². The number of fused-ring (bicyclic) bond motifs is 2. The number of aromatic nitrogens is 2. The van der Waals surface area contributed by atoms with E-state index in [1.54, 1.807) is 44.8 Å². The van der Waals surface area contributed by atoms with E-state index in [1.807, 2.05) is 54.2 Å². The second-order valence-electron chi connectivity index (χ2n) is 8.63. The summed E-state index contributed by atoms with van der Waals surface area (Å²) in [4.78, 5) is 32.2. The van der Waals surface area contributed by atoms with E-state index in [2.05, 4.69) is 4.99 Å². The molecule has 0 fully saturated rings. The number of hydrogen-bond donors (Lipinski definition) is 0. The van der Waals surface area contributed by atoms with Crippen LogP contribution in [0.25, 0.3) is 17.0 Å². The van der Waals surface area contributed by atoms with Gasteiger partial charge in [-0.1, -0.05) is 35.6 Å². The fourth-order valence-electron chi connectivity index (χ4n) is 4.76. The molecule has 0 saturated heterocycles. The summed E-state index contributed by atoms with van der Waals surface area (Å²) in [5.74, 6) is 0.538. The van der Waals surface area contributed by atoms with Gasteiger partial charge in [-0.05, 0) is 43.7 Å². The number of methoxy groups -OCH3 is 2. The highest BCUT2D eigenvalue weighted by Crippen LogP contribution is 2.36. The van der Waals surface area contributed by atoms with Gasteiger partial charge in [-0.3, -0.25) is 9.36 Å². The van der Waals surface area contributed by atoms with Gasteiger partial charge in [0, 0.05) is 29.7 Å². The van der Waals surface area contributed by atoms with E-state index in [9.17, 15) is 9.59 Å². The maximum Gasteiger partial charge on any atom is 0.338 e. The van der Waals surface area contributed by atoms with Crippen LogP contribution in [0.4, 0.5) is 0 Å². The lowest BCUT2D eigenvalue weighted by atomic mass is 9.95. The first-order valence-corrected chi connectivity index (χ1v) is 12.6. The first kappa shape index (κ1) is 24.6. The van der Waals surface area contributed by atoms with Gasteiger partial charge in [0.1, 0.15) is 0 Å². The third kappa shape index (κ3) is 4.15. The molecule has 2 aromatic carbocycles. The Kier molecular flexibility index (Phi) is 6.47. The highest BCUT2D eigenvalue weighted by atomic mass is 32.1. The Morgan fingerprint density at radius 2 is 1.89 bits per heavy atom. The largest absolute Gasteiger partial charge is 0.493 e. The highest BCUT2D eigenvalue weighted by molar-refractivity contribution is 7.07. The predicted octanol–water partition coefficient (Wildman–Crippen LogP) is 3.31. The molecule has 4 aromatic rings. The fourth-order valence-corrected chi connectivity index (χ4v) is 5.80. The molecule has 0 saturated carbocycles. The van der Waals surface area contributed by atoms with Crippen molar-refractivity contribution in [3.63, 3.8) is 0 Å². The summed E-state index contributed by atoms with van der Waals surface area (Å²) in [6.45, 7) is 3.72.